The number of benzene rings is 2. The molecule has 4 rings (SSSR count). The molecule has 0 unspecified atom stereocenters. The fraction of sp³-hybridized carbons (Fsp3) is 0. The Kier molecular flexibility index (Phi) is 6.45. The second kappa shape index (κ2) is 8.86. The predicted octanol–water partition coefficient (Wildman–Crippen LogP) is 4.61. The van der Waals surface area contributed by atoms with Crippen molar-refractivity contribution in [1.82, 2.24) is 0 Å². The van der Waals surface area contributed by atoms with E-state index in [2.05, 4.69) is 0 Å². The zero-order valence-electron chi connectivity index (χ0n) is 14.5. The molecular formula is C18H8I2N2O8. The molecule has 0 bridgehead atoms. The van der Waals surface area contributed by atoms with Gasteiger partial charge in [0.1, 0.15) is 12.5 Å². The van der Waals surface area contributed by atoms with Gasteiger partial charge < -0.3 is 8.83 Å². The van der Waals surface area contributed by atoms with Crippen molar-refractivity contribution in [3.05, 3.63) is 97.1 Å². The van der Waals surface area contributed by atoms with E-state index in [-0.39, 0.29) is 22.1 Å². The van der Waals surface area contributed by atoms with E-state index in [1.54, 1.807) is 12.1 Å². The molecule has 0 aliphatic rings. The van der Waals surface area contributed by atoms with E-state index < -0.39 is 21.1 Å². The van der Waals surface area contributed by atoms with E-state index in [0.29, 0.717) is 10.8 Å². The smallest absolute Gasteiger partial charge is 0.343 e. The summed E-state index contributed by atoms with van der Waals surface area (Å²) >= 11 is 4.00. The van der Waals surface area contributed by atoms with Crippen molar-refractivity contribution in [1.29, 1.82) is 0 Å². The highest BCUT2D eigenvalue weighted by Gasteiger charge is 2.12. The second-order valence-corrected chi connectivity index (χ2v) is 8.04. The van der Waals surface area contributed by atoms with Crippen LogP contribution in [0, 0.1) is 27.4 Å². The lowest BCUT2D eigenvalue weighted by Crippen LogP contribution is -2.00. The van der Waals surface area contributed by atoms with Gasteiger partial charge in [-0.25, -0.2) is 9.59 Å². The fourth-order valence-corrected chi connectivity index (χ4v) is 3.71. The minimum absolute atomic E-state index is 0.114. The Morgan fingerprint density at radius 2 is 1.03 bits per heavy atom. The van der Waals surface area contributed by atoms with E-state index in [4.69, 9.17) is 8.83 Å². The lowest BCUT2D eigenvalue weighted by Gasteiger charge is -1.97. The monoisotopic (exact) mass is 634 g/mol. The summed E-state index contributed by atoms with van der Waals surface area (Å²) in [6.45, 7) is 0. The summed E-state index contributed by atoms with van der Waals surface area (Å²) < 4.78 is 10.9. The molecule has 0 spiro atoms. The van der Waals surface area contributed by atoms with Crippen LogP contribution < -0.4 is 11.3 Å². The zero-order valence-corrected chi connectivity index (χ0v) is 18.9. The van der Waals surface area contributed by atoms with E-state index in [0.717, 1.165) is 7.14 Å². The van der Waals surface area contributed by atoms with Crippen molar-refractivity contribution in [2.75, 3.05) is 0 Å². The van der Waals surface area contributed by atoms with Crippen LogP contribution >= 0.6 is 45.2 Å². The summed E-state index contributed by atoms with van der Waals surface area (Å²) in [6, 6.07) is 8.28. The van der Waals surface area contributed by atoms with E-state index in [1.165, 1.54) is 36.8 Å². The number of nitro benzene ring substituents is 2. The molecule has 10 nitrogen and oxygen atoms in total. The first kappa shape index (κ1) is 21.8. The Morgan fingerprint density at radius 1 is 0.667 bits per heavy atom. The molecule has 0 amide bonds. The van der Waals surface area contributed by atoms with Gasteiger partial charge in [0.15, 0.2) is 0 Å². The predicted molar refractivity (Wildman–Crippen MR) is 124 cm³/mol. The van der Waals surface area contributed by atoms with Gasteiger partial charge in [0.05, 0.1) is 27.8 Å². The number of rotatable bonds is 2. The van der Waals surface area contributed by atoms with Gasteiger partial charge in [0, 0.05) is 35.0 Å². The molecule has 12 heteroatoms. The maximum Gasteiger partial charge on any atom is 0.343 e. The number of fused-ring (bicyclic) bond motifs is 2. The van der Waals surface area contributed by atoms with Crippen LogP contribution in [0.25, 0.3) is 21.5 Å². The van der Waals surface area contributed by atoms with Crippen LogP contribution in [0.3, 0.4) is 0 Å². The maximum absolute atomic E-state index is 11.3. The lowest BCUT2D eigenvalue weighted by atomic mass is 10.2. The van der Waals surface area contributed by atoms with Gasteiger partial charge in [-0.15, -0.1) is 0 Å². The molecule has 0 atom stereocenters. The van der Waals surface area contributed by atoms with Crippen LogP contribution in [-0.4, -0.2) is 9.85 Å². The molecule has 2 heterocycles. The van der Waals surface area contributed by atoms with Crippen LogP contribution in [0.15, 0.2) is 67.3 Å². The Hall–Kier alpha value is -2.88. The van der Waals surface area contributed by atoms with Crippen molar-refractivity contribution >= 4 is 78.1 Å². The number of non-ortho nitro benzene ring substituents is 2. The standard InChI is InChI=1S/2C9H4INO4/c2*10-8-4-15-9(12)7-3-5(11(13)14)1-2-6(7)8/h2*1-4H. The molecule has 4 aromatic rings. The van der Waals surface area contributed by atoms with Gasteiger partial charge in [-0.05, 0) is 57.3 Å². The molecule has 2 aromatic heterocycles. The van der Waals surface area contributed by atoms with Gasteiger partial charge in [-0.3, -0.25) is 20.2 Å². The van der Waals surface area contributed by atoms with Gasteiger partial charge in [-0.1, -0.05) is 0 Å². The quantitative estimate of drug-likeness (QED) is 0.177. The minimum atomic E-state index is -0.561. The molecule has 0 saturated heterocycles. The van der Waals surface area contributed by atoms with E-state index in [9.17, 15) is 29.8 Å². The van der Waals surface area contributed by atoms with Crippen LogP contribution in [0.2, 0.25) is 0 Å². The summed E-state index contributed by atoms with van der Waals surface area (Å²) in [7, 11) is 0. The topological polar surface area (TPSA) is 147 Å². The van der Waals surface area contributed by atoms with Crippen LogP contribution in [0.4, 0.5) is 11.4 Å². The van der Waals surface area contributed by atoms with Crippen molar-refractivity contribution in [3.8, 4) is 0 Å². The third kappa shape index (κ3) is 4.48. The van der Waals surface area contributed by atoms with Crippen molar-refractivity contribution in [3.63, 3.8) is 0 Å². The highest BCUT2D eigenvalue weighted by Crippen LogP contribution is 2.23. The second-order valence-electron chi connectivity index (χ2n) is 5.72. The highest BCUT2D eigenvalue weighted by molar-refractivity contribution is 14.1. The molecule has 152 valence electrons. The third-order valence-electron chi connectivity index (χ3n) is 3.92. The highest BCUT2D eigenvalue weighted by atomic mass is 127. The Balaban J connectivity index is 0.000000171. The van der Waals surface area contributed by atoms with Crippen molar-refractivity contribution < 1.29 is 18.7 Å². The molecular weight excluding hydrogens is 626 g/mol. The molecule has 0 saturated carbocycles. The molecule has 2 aromatic carbocycles. The molecule has 30 heavy (non-hydrogen) atoms. The number of hydrogen-bond acceptors (Lipinski definition) is 8. The van der Waals surface area contributed by atoms with Crippen molar-refractivity contribution in [2.24, 2.45) is 0 Å². The first-order valence-electron chi connectivity index (χ1n) is 7.90. The summed E-state index contributed by atoms with van der Waals surface area (Å²) in [5, 5.41) is 22.8. The van der Waals surface area contributed by atoms with Crippen molar-refractivity contribution in [2.45, 2.75) is 0 Å². The van der Waals surface area contributed by atoms with E-state index in [1.807, 2.05) is 45.2 Å². The summed E-state index contributed by atoms with van der Waals surface area (Å²) in [6.07, 6.45) is 2.66. The Bertz CT molecular complexity index is 1320. The number of nitrogens with zero attached hydrogens (tertiary/aromatic N) is 2. The Labute approximate surface area is 193 Å². The summed E-state index contributed by atoms with van der Waals surface area (Å²) in [4.78, 5) is 42.6. The minimum Gasteiger partial charge on any atom is -0.430 e. The SMILES string of the molecule is O=c1occ(I)c2ccc([N+](=O)[O-])cc12.O=c1occ(I)c2ccc([N+](=O)[O-])cc12. The average molecular weight is 634 g/mol. The number of hydrogen-bond donors (Lipinski definition) is 0. The summed E-state index contributed by atoms with van der Waals surface area (Å²) in [5.41, 5.74) is -1.35. The largest absolute Gasteiger partial charge is 0.430 e. The van der Waals surface area contributed by atoms with Gasteiger partial charge in [0.25, 0.3) is 11.4 Å². The van der Waals surface area contributed by atoms with Gasteiger partial charge in [-0.2, -0.15) is 0 Å². The molecule has 0 radical (unpaired) electrons. The number of halogens is 2. The van der Waals surface area contributed by atoms with Crippen LogP contribution in [-0.2, 0) is 0 Å². The maximum atomic E-state index is 11.3. The fourth-order valence-electron chi connectivity index (χ4n) is 2.51. The first-order chi connectivity index (χ1) is 14.2. The first-order valence-corrected chi connectivity index (χ1v) is 10.1. The molecule has 0 aliphatic carbocycles. The molecule has 0 aliphatic heterocycles. The Morgan fingerprint density at radius 3 is 1.37 bits per heavy atom. The average Bonchev–Trinajstić information content (AvgIpc) is 2.73. The van der Waals surface area contributed by atoms with Crippen LogP contribution in [0.1, 0.15) is 0 Å². The third-order valence-corrected chi connectivity index (χ3v) is 5.59. The van der Waals surface area contributed by atoms with Gasteiger partial charge in [0.2, 0.25) is 0 Å². The molecule has 0 N–H and O–H groups in total. The van der Waals surface area contributed by atoms with E-state index >= 15 is 0 Å². The normalized spacial score (nSPS) is 10.5. The lowest BCUT2D eigenvalue weighted by molar-refractivity contribution is -0.384. The summed E-state index contributed by atoms with van der Waals surface area (Å²) in [5.74, 6) is 0. The molecule has 0 fully saturated rings. The number of nitro groups is 2. The van der Waals surface area contributed by atoms with Gasteiger partial charge >= 0.3 is 11.3 Å². The zero-order chi connectivity index (χ0) is 22.0. The van der Waals surface area contributed by atoms with Crippen LogP contribution in [0.5, 0.6) is 0 Å².